The van der Waals surface area contributed by atoms with Gasteiger partial charge >= 0.3 is 0 Å². The van der Waals surface area contributed by atoms with E-state index >= 15 is 0 Å². The van der Waals surface area contributed by atoms with Crippen molar-refractivity contribution in [2.45, 2.75) is 50.1 Å². The highest BCUT2D eigenvalue weighted by atomic mass is 35.5. The SMILES string of the molecule is O=PC(Cl)CCCCCCCCCl. The second-order valence-corrected chi connectivity index (χ2v) is 5.18. The molecule has 1 unspecified atom stereocenters. The van der Waals surface area contributed by atoms with E-state index in [1.165, 1.54) is 25.7 Å². The molecule has 0 spiro atoms. The average molecular weight is 243 g/mol. The molecule has 4 heteroatoms. The second-order valence-electron chi connectivity index (χ2n) is 3.14. The van der Waals surface area contributed by atoms with Gasteiger partial charge in [-0.3, -0.25) is 4.57 Å². The Kier molecular flexibility index (Phi) is 11.3. The third kappa shape index (κ3) is 10.6. The summed E-state index contributed by atoms with van der Waals surface area (Å²) in [5.74, 6) is 0.777. The maximum Gasteiger partial charge on any atom is 0.174 e. The zero-order chi connectivity index (χ0) is 9.94. The fourth-order valence-electron chi connectivity index (χ4n) is 1.17. The summed E-state index contributed by atoms with van der Waals surface area (Å²) < 4.78 is 10.3. The highest BCUT2D eigenvalue weighted by Crippen LogP contribution is 2.19. The van der Waals surface area contributed by atoms with Gasteiger partial charge in [-0.1, -0.05) is 32.1 Å². The van der Waals surface area contributed by atoms with Gasteiger partial charge in [-0.2, -0.15) is 0 Å². The van der Waals surface area contributed by atoms with Gasteiger partial charge in [0.15, 0.2) is 8.46 Å². The van der Waals surface area contributed by atoms with Gasteiger partial charge in [0.1, 0.15) is 5.12 Å². The minimum atomic E-state index is -0.178. The maximum absolute atomic E-state index is 10.3. The molecule has 0 rings (SSSR count). The Morgan fingerprint density at radius 3 is 2.08 bits per heavy atom. The van der Waals surface area contributed by atoms with Crippen LogP contribution in [-0.4, -0.2) is 11.0 Å². The fraction of sp³-hybridized carbons (Fsp3) is 1.00. The van der Waals surface area contributed by atoms with Crippen LogP contribution in [0.1, 0.15) is 44.9 Å². The van der Waals surface area contributed by atoms with Crippen molar-refractivity contribution in [3.8, 4) is 0 Å². The van der Waals surface area contributed by atoms with Crippen LogP contribution in [0, 0.1) is 0 Å². The molecule has 0 radical (unpaired) electrons. The molecule has 0 heterocycles. The molecule has 0 amide bonds. The molecule has 0 N–H and O–H groups in total. The number of rotatable bonds is 9. The van der Waals surface area contributed by atoms with E-state index in [2.05, 4.69) is 0 Å². The molecule has 0 aromatic carbocycles. The predicted octanol–water partition coefficient (Wildman–Crippen LogP) is 4.81. The van der Waals surface area contributed by atoms with Crippen molar-refractivity contribution in [1.82, 2.24) is 0 Å². The van der Waals surface area contributed by atoms with Crippen molar-refractivity contribution in [3.63, 3.8) is 0 Å². The third-order valence-corrected chi connectivity index (χ3v) is 3.15. The van der Waals surface area contributed by atoms with E-state index in [-0.39, 0.29) is 13.6 Å². The molecule has 1 nitrogen and oxygen atoms in total. The lowest BCUT2D eigenvalue weighted by Crippen LogP contribution is -1.87. The summed E-state index contributed by atoms with van der Waals surface area (Å²) in [6.45, 7) is 0. The maximum atomic E-state index is 10.3. The summed E-state index contributed by atoms with van der Waals surface area (Å²) in [6.07, 6.45) is 8.00. The quantitative estimate of drug-likeness (QED) is 0.322. The molecule has 13 heavy (non-hydrogen) atoms. The molecule has 78 valence electrons. The van der Waals surface area contributed by atoms with E-state index in [1.54, 1.807) is 0 Å². The molecule has 1 atom stereocenters. The molecule has 0 aromatic rings. The van der Waals surface area contributed by atoms with Gasteiger partial charge < -0.3 is 0 Å². The Labute approximate surface area is 92.4 Å². The minimum absolute atomic E-state index is 0.0682. The number of halogens is 2. The van der Waals surface area contributed by atoms with Gasteiger partial charge in [0, 0.05) is 5.88 Å². The van der Waals surface area contributed by atoms with Crippen LogP contribution in [0.15, 0.2) is 0 Å². The fourth-order valence-corrected chi connectivity index (χ4v) is 1.80. The van der Waals surface area contributed by atoms with Crippen molar-refractivity contribution in [3.05, 3.63) is 0 Å². The number of unbranched alkanes of at least 4 members (excludes halogenated alkanes) is 5. The van der Waals surface area contributed by atoms with Crippen molar-refractivity contribution >= 4 is 31.7 Å². The van der Waals surface area contributed by atoms with Crippen LogP contribution in [0.4, 0.5) is 0 Å². The Balaban J connectivity index is 2.95. The van der Waals surface area contributed by atoms with E-state index in [9.17, 15) is 4.57 Å². The largest absolute Gasteiger partial charge is 0.273 e. The summed E-state index contributed by atoms with van der Waals surface area (Å²) in [5.41, 5.74) is 0. The summed E-state index contributed by atoms with van der Waals surface area (Å²) >= 11 is 11.2. The highest BCUT2D eigenvalue weighted by Gasteiger charge is 2.01. The number of alkyl halides is 2. The van der Waals surface area contributed by atoms with Crippen LogP contribution in [0.5, 0.6) is 0 Å². The van der Waals surface area contributed by atoms with Crippen molar-refractivity contribution in [2.75, 3.05) is 5.88 Å². The molecular weight excluding hydrogens is 226 g/mol. The van der Waals surface area contributed by atoms with Crippen LogP contribution in [0.3, 0.4) is 0 Å². The van der Waals surface area contributed by atoms with E-state index < -0.39 is 0 Å². The first kappa shape index (κ1) is 13.7. The first-order valence-corrected chi connectivity index (χ1v) is 6.69. The molecule has 0 bridgehead atoms. The number of hydrogen-bond acceptors (Lipinski definition) is 1. The Hall–Kier alpha value is 0.680. The zero-order valence-electron chi connectivity index (χ0n) is 7.85. The molecule has 0 aliphatic heterocycles. The van der Waals surface area contributed by atoms with Crippen LogP contribution >= 0.6 is 31.7 Å². The number of hydrogen-bond donors (Lipinski definition) is 0. The zero-order valence-corrected chi connectivity index (χ0v) is 10.3. The Bertz CT molecular complexity index is 122. The van der Waals surface area contributed by atoms with Crippen LogP contribution < -0.4 is 0 Å². The van der Waals surface area contributed by atoms with Crippen molar-refractivity contribution < 1.29 is 4.57 Å². The third-order valence-electron chi connectivity index (χ3n) is 1.94. The van der Waals surface area contributed by atoms with Gasteiger partial charge in [-0.25, -0.2) is 0 Å². The molecule has 0 aromatic heterocycles. The van der Waals surface area contributed by atoms with E-state index in [1.807, 2.05) is 0 Å². The topological polar surface area (TPSA) is 17.1 Å². The first-order chi connectivity index (χ1) is 6.31. The van der Waals surface area contributed by atoms with Gasteiger partial charge in [-0.15, -0.1) is 23.2 Å². The summed E-state index contributed by atoms with van der Waals surface area (Å²) in [5, 5.41) is -0.178. The van der Waals surface area contributed by atoms with Crippen LogP contribution in [-0.2, 0) is 4.57 Å². The lowest BCUT2D eigenvalue weighted by Gasteiger charge is -2.01. The summed E-state index contributed by atoms with van der Waals surface area (Å²) in [7, 11) is 0.0682. The highest BCUT2D eigenvalue weighted by molar-refractivity contribution is 7.27. The standard InChI is InChI=1S/C9H17Cl2OP/c10-8-6-4-2-1-3-5-7-9(11)13-12/h9H,1-8H2. The molecule has 0 aliphatic carbocycles. The van der Waals surface area contributed by atoms with Crippen LogP contribution in [0.2, 0.25) is 0 Å². The van der Waals surface area contributed by atoms with Crippen molar-refractivity contribution in [1.29, 1.82) is 0 Å². The molecule has 0 saturated heterocycles. The Morgan fingerprint density at radius 2 is 1.54 bits per heavy atom. The molecule has 0 fully saturated rings. The van der Waals surface area contributed by atoms with Gasteiger partial charge in [0.25, 0.3) is 0 Å². The second kappa shape index (κ2) is 10.8. The molecule has 0 aliphatic rings. The van der Waals surface area contributed by atoms with Crippen LogP contribution in [0.25, 0.3) is 0 Å². The lowest BCUT2D eigenvalue weighted by molar-refractivity contribution is 0.581. The summed E-state index contributed by atoms with van der Waals surface area (Å²) in [4.78, 5) is 0. The molecule has 0 saturated carbocycles. The molecular formula is C9H17Cl2OP. The first-order valence-electron chi connectivity index (χ1n) is 4.83. The van der Waals surface area contributed by atoms with Crippen molar-refractivity contribution in [2.24, 2.45) is 0 Å². The summed E-state index contributed by atoms with van der Waals surface area (Å²) in [6, 6.07) is 0. The monoisotopic (exact) mass is 242 g/mol. The van der Waals surface area contributed by atoms with Gasteiger partial charge in [0.05, 0.1) is 0 Å². The average Bonchev–Trinajstić information content (AvgIpc) is 2.16. The van der Waals surface area contributed by atoms with E-state index in [4.69, 9.17) is 23.2 Å². The van der Waals surface area contributed by atoms with Gasteiger partial charge in [0.2, 0.25) is 0 Å². The Morgan fingerprint density at radius 1 is 1.00 bits per heavy atom. The lowest BCUT2D eigenvalue weighted by atomic mass is 10.1. The smallest absolute Gasteiger partial charge is 0.174 e. The van der Waals surface area contributed by atoms with E-state index in [0.29, 0.717) is 0 Å². The predicted molar refractivity (Wildman–Crippen MR) is 60.3 cm³/mol. The normalized spacial score (nSPS) is 13.4. The van der Waals surface area contributed by atoms with E-state index in [0.717, 1.165) is 25.1 Å². The van der Waals surface area contributed by atoms with Gasteiger partial charge in [-0.05, 0) is 12.8 Å². The minimum Gasteiger partial charge on any atom is -0.273 e.